The van der Waals surface area contributed by atoms with Crippen LogP contribution in [0.3, 0.4) is 0 Å². The molecular formula is C11H11FN2OS. The number of nitrogens with zero attached hydrogens (tertiary/aromatic N) is 2. The van der Waals surface area contributed by atoms with Crippen LogP contribution in [-0.4, -0.2) is 10.2 Å². The summed E-state index contributed by atoms with van der Waals surface area (Å²) in [5, 5.41) is 8.31. The van der Waals surface area contributed by atoms with E-state index in [0.29, 0.717) is 16.9 Å². The summed E-state index contributed by atoms with van der Waals surface area (Å²) < 4.78 is 18.0. The fourth-order valence-corrected chi connectivity index (χ4v) is 1.90. The van der Waals surface area contributed by atoms with Gasteiger partial charge in [0, 0.05) is 12.2 Å². The number of halogens is 1. The predicted molar refractivity (Wildman–Crippen MR) is 59.6 cm³/mol. The average molecular weight is 238 g/mol. The van der Waals surface area contributed by atoms with Crippen molar-refractivity contribution >= 4 is 11.8 Å². The fraction of sp³-hybridized carbons (Fsp3) is 0.273. The van der Waals surface area contributed by atoms with Crippen molar-refractivity contribution in [2.45, 2.75) is 24.3 Å². The van der Waals surface area contributed by atoms with E-state index in [1.165, 1.54) is 23.9 Å². The first-order valence-corrected chi connectivity index (χ1v) is 5.96. The van der Waals surface area contributed by atoms with Gasteiger partial charge in [-0.3, -0.25) is 0 Å². The minimum Gasteiger partial charge on any atom is -0.416 e. The summed E-state index contributed by atoms with van der Waals surface area (Å²) in [4.78, 5) is 0. The summed E-state index contributed by atoms with van der Waals surface area (Å²) in [5.74, 6) is 1.12. The maximum Gasteiger partial charge on any atom is 0.276 e. The lowest BCUT2D eigenvalue weighted by Crippen LogP contribution is -1.81. The molecule has 3 nitrogen and oxygen atoms in total. The molecule has 0 N–H and O–H groups in total. The van der Waals surface area contributed by atoms with Crippen LogP contribution in [0, 0.1) is 5.82 Å². The Morgan fingerprint density at radius 3 is 2.62 bits per heavy atom. The molecule has 0 fully saturated rings. The zero-order chi connectivity index (χ0) is 11.4. The monoisotopic (exact) mass is 238 g/mol. The third-order valence-corrected chi connectivity index (χ3v) is 2.92. The summed E-state index contributed by atoms with van der Waals surface area (Å²) in [6.45, 7) is 1.96. The van der Waals surface area contributed by atoms with Crippen molar-refractivity contribution in [3.8, 4) is 0 Å². The van der Waals surface area contributed by atoms with Crippen LogP contribution in [0.2, 0.25) is 0 Å². The molecule has 0 aliphatic carbocycles. The molecule has 0 bridgehead atoms. The molecule has 0 aliphatic heterocycles. The van der Waals surface area contributed by atoms with Crippen molar-refractivity contribution in [2.24, 2.45) is 0 Å². The Morgan fingerprint density at radius 2 is 2.00 bits per heavy atom. The van der Waals surface area contributed by atoms with Gasteiger partial charge in [-0.2, -0.15) is 0 Å². The number of rotatable bonds is 4. The highest BCUT2D eigenvalue weighted by atomic mass is 32.2. The van der Waals surface area contributed by atoms with Crippen molar-refractivity contribution in [1.29, 1.82) is 0 Å². The van der Waals surface area contributed by atoms with Crippen LogP contribution in [0.4, 0.5) is 4.39 Å². The van der Waals surface area contributed by atoms with Gasteiger partial charge in [0.1, 0.15) is 5.82 Å². The second-order valence-electron chi connectivity index (χ2n) is 3.23. The van der Waals surface area contributed by atoms with Crippen molar-refractivity contribution in [2.75, 3.05) is 0 Å². The van der Waals surface area contributed by atoms with E-state index in [-0.39, 0.29) is 5.82 Å². The van der Waals surface area contributed by atoms with E-state index in [0.717, 1.165) is 12.0 Å². The Kier molecular flexibility index (Phi) is 3.56. The van der Waals surface area contributed by atoms with Crippen LogP contribution in [0.15, 0.2) is 33.9 Å². The third kappa shape index (κ3) is 2.82. The highest BCUT2D eigenvalue weighted by Crippen LogP contribution is 2.21. The number of hydrogen-bond acceptors (Lipinski definition) is 4. The summed E-state index contributed by atoms with van der Waals surface area (Å²) in [6.07, 6.45) is 0.740. The molecule has 2 rings (SSSR count). The van der Waals surface area contributed by atoms with Gasteiger partial charge in [-0.15, -0.1) is 10.2 Å². The maximum atomic E-state index is 12.7. The van der Waals surface area contributed by atoms with Gasteiger partial charge >= 0.3 is 0 Å². The topological polar surface area (TPSA) is 38.9 Å². The molecule has 0 radical (unpaired) electrons. The molecule has 0 saturated heterocycles. The molecule has 0 amide bonds. The van der Waals surface area contributed by atoms with Gasteiger partial charge in [-0.25, -0.2) is 4.39 Å². The first-order valence-electron chi connectivity index (χ1n) is 4.97. The highest BCUT2D eigenvalue weighted by molar-refractivity contribution is 7.98. The van der Waals surface area contributed by atoms with E-state index < -0.39 is 0 Å². The van der Waals surface area contributed by atoms with E-state index in [4.69, 9.17) is 4.42 Å². The van der Waals surface area contributed by atoms with Gasteiger partial charge in [-0.05, 0) is 17.7 Å². The molecule has 1 aromatic carbocycles. The Bertz CT molecular complexity index is 455. The van der Waals surface area contributed by atoms with Crippen LogP contribution < -0.4 is 0 Å². The largest absolute Gasteiger partial charge is 0.416 e. The van der Waals surface area contributed by atoms with Crippen LogP contribution in [0.1, 0.15) is 18.4 Å². The molecule has 1 aromatic heterocycles. The van der Waals surface area contributed by atoms with Gasteiger partial charge in [0.15, 0.2) is 0 Å². The zero-order valence-electron chi connectivity index (χ0n) is 8.81. The van der Waals surface area contributed by atoms with Crippen LogP contribution in [0.25, 0.3) is 0 Å². The van der Waals surface area contributed by atoms with Gasteiger partial charge in [0.2, 0.25) is 5.89 Å². The first-order chi connectivity index (χ1) is 7.78. The minimum absolute atomic E-state index is 0.222. The minimum atomic E-state index is -0.222. The summed E-state index contributed by atoms with van der Waals surface area (Å²) in [7, 11) is 0. The summed E-state index contributed by atoms with van der Waals surface area (Å²) in [6, 6.07) is 6.39. The predicted octanol–water partition coefficient (Wildman–Crippen LogP) is 3.06. The Labute approximate surface area is 97.1 Å². The van der Waals surface area contributed by atoms with Crippen LogP contribution in [0.5, 0.6) is 0 Å². The normalized spacial score (nSPS) is 10.6. The lowest BCUT2D eigenvalue weighted by Gasteiger charge is -1.97. The molecule has 16 heavy (non-hydrogen) atoms. The van der Waals surface area contributed by atoms with E-state index in [1.54, 1.807) is 12.1 Å². The molecule has 2 aromatic rings. The van der Waals surface area contributed by atoms with Crippen molar-refractivity contribution < 1.29 is 8.81 Å². The fourth-order valence-electron chi connectivity index (χ4n) is 1.17. The molecule has 5 heteroatoms. The van der Waals surface area contributed by atoms with Crippen LogP contribution >= 0.6 is 11.8 Å². The van der Waals surface area contributed by atoms with E-state index in [2.05, 4.69) is 10.2 Å². The lowest BCUT2D eigenvalue weighted by molar-refractivity contribution is 0.417. The molecule has 84 valence electrons. The molecule has 1 heterocycles. The number of thioether (sulfide) groups is 1. The van der Waals surface area contributed by atoms with E-state index in [1.807, 2.05) is 6.92 Å². The molecular weight excluding hydrogens is 227 g/mol. The smallest absolute Gasteiger partial charge is 0.276 e. The standard InChI is InChI=1S/C11H11FN2OS/c1-2-10-13-14-11(15-10)16-7-8-3-5-9(12)6-4-8/h3-6H,2,7H2,1H3. The van der Waals surface area contributed by atoms with Gasteiger partial charge in [0.25, 0.3) is 5.22 Å². The van der Waals surface area contributed by atoms with Gasteiger partial charge in [-0.1, -0.05) is 30.8 Å². The number of aromatic nitrogens is 2. The average Bonchev–Trinajstić information content (AvgIpc) is 2.76. The van der Waals surface area contributed by atoms with Gasteiger partial charge in [0.05, 0.1) is 0 Å². The van der Waals surface area contributed by atoms with Crippen molar-refractivity contribution in [1.82, 2.24) is 10.2 Å². The van der Waals surface area contributed by atoms with E-state index in [9.17, 15) is 4.39 Å². The number of aryl methyl sites for hydroxylation is 1. The zero-order valence-corrected chi connectivity index (χ0v) is 9.63. The first kappa shape index (κ1) is 11.1. The van der Waals surface area contributed by atoms with Gasteiger partial charge < -0.3 is 4.42 Å². The SMILES string of the molecule is CCc1nnc(SCc2ccc(F)cc2)o1. The molecule has 0 atom stereocenters. The van der Waals surface area contributed by atoms with Crippen molar-refractivity contribution in [3.05, 3.63) is 41.5 Å². The van der Waals surface area contributed by atoms with Crippen LogP contribution in [-0.2, 0) is 12.2 Å². The molecule has 0 aliphatic rings. The second kappa shape index (κ2) is 5.12. The lowest BCUT2D eigenvalue weighted by atomic mass is 10.2. The molecule has 0 saturated carbocycles. The Morgan fingerprint density at radius 1 is 1.25 bits per heavy atom. The number of benzene rings is 1. The molecule has 0 spiro atoms. The number of hydrogen-bond donors (Lipinski definition) is 0. The second-order valence-corrected chi connectivity index (χ2v) is 4.16. The third-order valence-electron chi connectivity index (χ3n) is 2.03. The maximum absolute atomic E-state index is 12.7. The van der Waals surface area contributed by atoms with E-state index >= 15 is 0 Å². The highest BCUT2D eigenvalue weighted by Gasteiger charge is 2.05. The quantitative estimate of drug-likeness (QED) is 0.767. The summed E-state index contributed by atoms with van der Waals surface area (Å²) in [5.41, 5.74) is 1.03. The summed E-state index contributed by atoms with van der Waals surface area (Å²) >= 11 is 1.45. The Balaban J connectivity index is 1.94. The van der Waals surface area contributed by atoms with Crippen molar-refractivity contribution in [3.63, 3.8) is 0 Å². The Hall–Kier alpha value is -1.36. The molecule has 0 unspecified atom stereocenters.